The first kappa shape index (κ1) is 14.8. The second-order valence-electron chi connectivity index (χ2n) is 4.14. The first-order chi connectivity index (χ1) is 8.58. The van der Waals surface area contributed by atoms with Gasteiger partial charge in [0.25, 0.3) is 0 Å². The second kappa shape index (κ2) is 7.21. The van der Waals surface area contributed by atoms with Gasteiger partial charge >= 0.3 is 0 Å². The van der Waals surface area contributed by atoms with Gasteiger partial charge in [-0.25, -0.2) is 0 Å². The molecule has 4 heteroatoms. The van der Waals surface area contributed by atoms with Crippen molar-refractivity contribution in [3.63, 3.8) is 0 Å². The predicted molar refractivity (Wildman–Crippen MR) is 78.6 cm³/mol. The van der Waals surface area contributed by atoms with Crippen LogP contribution in [-0.2, 0) is 0 Å². The molecule has 0 saturated carbocycles. The molecule has 0 amide bonds. The summed E-state index contributed by atoms with van der Waals surface area (Å²) in [6, 6.07) is 5.99. The molecule has 0 bridgehead atoms. The fraction of sp³-hybridized carbons (Fsp3) is 0.500. The van der Waals surface area contributed by atoms with E-state index in [1.807, 2.05) is 32.0 Å². The SMILES string of the molecule is CCOc1ccc(C(C)CC(N)=S)cc1OCC. The molecule has 0 aliphatic carbocycles. The van der Waals surface area contributed by atoms with Gasteiger partial charge in [-0.3, -0.25) is 0 Å². The molecule has 0 aliphatic rings. The monoisotopic (exact) mass is 267 g/mol. The van der Waals surface area contributed by atoms with Crippen molar-refractivity contribution in [2.75, 3.05) is 13.2 Å². The Morgan fingerprint density at radius 2 is 1.83 bits per heavy atom. The second-order valence-corrected chi connectivity index (χ2v) is 4.67. The van der Waals surface area contributed by atoms with Crippen LogP contribution in [0.3, 0.4) is 0 Å². The minimum atomic E-state index is 0.289. The third kappa shape index (κ3) is 4.18. The zero-order valence-corrected chi connectivity index (χ0v) is 12.0. The van der Waals surface area contributed by atoms with Crippen molar-refractivity contribution < 1.29 is 9.47 Å². The molecule has 100 valence electrons. The van der Waals surface area contributed by atoms with Crippen molar-refractivity contribution in [2.45, 2.75) is 33.1 Å². The Morgan fingerprint density at radius 3 is 2.39 bits per heavy atom. The van der Waals surface area contributed by atoms with Crippen molar-refractivity contribution in [1.82, 2.24) is 0 Å². The van der Waals surface area contributed by atoms with E-state index in [0.29, 0.717) is 24.6 Å². The average molecular weight is 267 g/mol. The Balaban J connectivity index is 2.94. The molecule has 1 aromatic rings. The number of hydrogen-bond donors (Lipinski definition) is 1. The molecule has 1 aromatic carbocycles. The third-order valence-electron chi connectivity index (χ3n) is 2.64. The molecule has 0 spiro atoms. The quantitative estimate of drug-likeness (QED) is 0.770. The van der Waals surface area contributed by atoms with Gasteiger partial charge in [-0.2, -0.15) is 0 Å². The molecule has 3 nitrogen and oxygen atoms in total. The molecular weight excluding hydrogens is 246 g/mol. The number of nitrogens with two attached hydrogens (primary N) is 1. The van der Waals surface area contributed by atoms with Crippen LogP contribution in [0.15, 0.2) is 18.2 Å². The lowest BCUT2D eigenvalue weighted by Crippen LogP contribution is -2.11. The lowest BCUT2D eigenvalue weighted by molar-refractivity contribution is 0.287. The van der Waals surface area contributed by atoms with E-state index in [9.17, 15) is 0 Å². The zero-order valence-electron chi connectivity index (χ0n) is 11.2. The van der Waals surface area contributed by atoms with E-state index in [1.54, 1.807) is 0 Å². The van der Waals surface area contributed by atoms with Crippen LogP contribution in [-0.4, -0.2) is 18.2 Å². The van der Waals surface area contributed by atoms with E-state index in [2.05, 4.69) is 6.92 Å². The highest BCUT2D eigenvalue weighted by Crippen LogP contribution is 2.32. The molecule has 0 fully saturated rings. The minimum absolute atomic E-state index is 0.289. The van der Waals surface area contributed by atoms with Gasteiger partial charge in [0, 0.05) is 6.42 Å². The zero-order chi connectivity index (χ0) is 13.5. The van der Waals surface area contributed by atoms with E-state index in [-0.39, 0.29) is 5.92 Å². The molecule has 1 rings (SSSR count). The summed E-state index contributed by atoms with van der Waals surface area (Å²) in [6.45, 7) is 7.26. The molecule has 0 aliphatic heterocycles. The largest absolute Gasteiger partial charge is 0.490 e. The lowest BCUT2D eigenvalue weighted by Gasteiger charge is -2.15. The smallest absolute Gasteiger partial charge is 0.161 e. The van der Waals surface area contributed by atoms with Crippen molar-refractivity contribution in [3.05, 3.63) is 23.8 Å². The van der Waals surface area contributed by atoms with Crippen LogP contribution in [0, 0.1) is 0 Å². The first-order valence-corrected chi connectivity index (χ1v) is 6.67. The van der Waals surface area contributed by atoms with Gasteiger partial charge in [-0.1, -0.05) is 25.2 Å². The summed E-state index contributed by atoms with van der Waals surface area (Å²) >= 11 is 4.95. The van der Waals surface area contributed by atoms with Gasteiger partial charge in [0.2, 0.25) is 0 Å². The van der Waals surface area contributed by atoms with E-state index in [1.165, 1.54) is 0 Å². The Kier molecular flexibility index (Phi) is 5.92. The molecule has 2 N–H and O–H groups in total. The van der Waals surface area contributed by atoms with E-state index >= 15 is 0 Å². The molecule has 1 unspecified atom stereocenters. The van der Waals surface area contributed by atoms with Crippen molar-refractivity contribution >= 4 is 17.2 Å². The molecule has 1 atom stereocenters. The average Bonchev–Trinajstić information content (AvgIpc) is 2.31. The number of benzene rings is 1. The summed E-state index contributed by atoms with van der Waals surface area (Å²) in [6.07, 6.45) is 0.703. The molecule has 18 heavy (non-hydrogen) atoms. The highest BCUT2D eigenvalue weighted by Gasteiger charge is 2.11. The Bertz CT molecular complexity index is 407. The molecule has 0 saturated heterocycles. The molecule has 0 radical (unpaired) electrons. The van der Waals surface area contributed by atoms with Crippen LogP contribution in [0.4, 0.5) is 0 Å². The topological polar surface area (TPSA) is 44.5 Å². The number of thiocarbonyl (C=S) groups is 1. The predicted octanol–water partition coefficient (Wildman–Crippen LogP) is 3.26. The molecular formula is C14H21NO2S. The minimum Gasteiger partial charge on any atom is -0.490 e. The highest BCUT2D eigenvalue weighted by atomic mass is 32.1. The Hall–Kier alpha value is -1.29. The van der Waals surface area contributed by atoms with Gasteiger partial charge in [0.05, 0.1) is 18.2 Å². The summed E-state index contributed by atoms with van der Waals surface area (Å²) in [5.41, 5.74) is 6.74. The van der Waals surface area contributed by atoms with Crippen molar-refractivity contribution in [1.29, 1.82) is 0 Å². The molecule has 0 aromatic heterocycles. The summed E-state index contributed by atoms with van der Waals surface area (Å²) < 4.78 is 11.1. The van der Waals surface area contributed by atoms with Crippen LogP contribution in [0.5, 0.6) is 11.5 Å². The van der Waals surface area contributed by atoms with Gasteiger partial charge in [-0.15, -0.1) is 0 Å². The van der Waals surface area contributed by atoms with Gasteiger partial charge < -0.3 is 15.2 Å². The van der Waals surface area contributed by atoms with E-state index < -0.39 is 0 Å². The number of rotatable bonds is 7. The lowest BCUT2D eigenvalue weighted by atomic mass is 9.97. The highest BCUT2D eigenvalue weighted by molar-refractivity contribution is 7.80. The summed E-state index contributed by atoms with van der Waals surface area (Å²) in [5.74, 6) is 1.86. The third-order valence-corrected chi connectivity index (χ3v) is 2.81. The Morgan fingerprint density at radius 1 is 1.22 bits per heavy atom. The fourth-order valence-corrected chi connectivity index (χ4v) is 2.04. The summed E-state index contributed by atoms with van der Waals surface area (Å²) in [7, 11) is 0. The van der Waals surface area contributed by atoms with Crippen molar-refractivity contribution in [3.8, 4) is 11.5 Å². The maximum Gasteiger partial charge on any atom is 0.161 e. The standard InChI is InChI=1S/C14H21NO2S/c1-4-16-12-7-6-11(9-13(12)17-5-2)10(3)8-14(15)18/h6-7,9-10H,4-5,8H2,1-3H3,(H2,15,18). The summed E-state index contributed by atoms with van der Waals surface area (Å²) in [4.78, 5) is 0.536. The van der Waals surface area contributed by atoms with E-state index in [0.717, 1.165) is 17.1 Å². The van der Waals surface area contributed by atoms with E-state index in [4.69, 9.17) is 27.4 Å². The normalized spacial score (nSPS) is 11.9. The van der Waals surface area contributed by atoms with Gasteiger partial charge in [0.1, 0.15) is 0 Å². The maximum absolute atomic E-state index is 5.60. The number of ether oxygens (including phenoxy) is 2. The first-order valence-electron chi connectivity index (χ1n) is 6.26. The fourth-order valence-electron chi connectivity index (χ4n) is 1.79. The van der Waals surface area contributed by atoms with Gasteiger partial charge in [0.15, 0.2) is 11.5 Å². The van der Waals surface area contributed by atoms with Crippen molar-refractivity contribution in [2.24, 2.45) is 5.73 Å². The Labute approximate surface area is 114 Å². The van der Waals surface area contributed by atoms with Crippen LogP contribution in [0.25, 0.3) is 0 Å². The van der Waals surface area contributed by atoms with Crippen LogP contribution < -0.4 is 15.2 Å². The van der Waals surface area contributed by atoms with Crippen LogP contribution >= 0.6 is 12.2 Å². The maximum atomic E-state index is 5.60. The van der Waals surface area contributed by atoms with Crippen LogP contribution in [0.2, 0.25) is 0 Å². The van der Waals surface area contributed by atoms with Crippen LogP contribution in [0.1, 0.15) is 38.7 Å². The number of hydrogen-bond acceptors (Lipinski definition) is 3. The van der Waals surface area contributed by atoms with Gasteiger partial charge in [-0.05, 0) is 37.5 Å². The molecule has 0 heterocycles. The summed E-state index contributed by atoms with van der Waals surface area (Å²) in [5, 5.41) is 0.